The highest BCUT2D eigenvalue weighted by atomic mass is 32.1. The van der Waals surface area contributed by atoms with Gasteiger partial charge >= 0.3 is 6.18 Å². The van der Waals surface area contributed by atoms with E-state index in [0.717, 1.165) is 0 Å². The smallest absolute Gasteiger partial charge is 0.374 e. The van der Waals surface area contributed by atoms with Gasteiger partial charge in [-0.25, -0.2) is 4.98 Å². The summed E-state index contributed by atoms with van der Waals surface area (Å²) in [6.45, 7) is 2.13. The molecule has 0 radical (unpaired) electrons. The molecule has 1 saturated heterocycles. The summed E-state index contributed by atoms with van der Waals surface area (Å²) in [6, 6.07) is 8.63. The summed E-state index contributed by atoms with van der Waals surface area (Å²) in [5.41, 5.74) is -2.48. The van der Waals surface area contributed by atoms with Crippen LogP contribution in [0.1, 0.15) is 27.5 Å². The Morgan fingerprint density at radius 1 is 1.10 bits per heavy atom. The number of aliphatic hydroxyl groups is 1. The predicted octanol–water partition coefficient (Wildman–Crippen LogP) is 2.58. The van der Waals surface area contributed by atoms with Gasteiger partial charge in [-0.05, 0) is 19.1 Å². The highest BCUT2D eigenvalue weighted by Gasteiger charge is 2.58. The molecule has 1 unspecified atom stereocenters. The molecule has 1 aliphatic heterocycles. The van der Waals surface area contributed by atoms with E-state index < -0.39 is 29.1 Å². The van der Waals surface area contributed by atoms with E-state index in [1.165, 1.54) is 17.2 Å². The Bertz CT molecular complexity index is 880. The monoisotopic (exact) mass is 427 g/mol. The van der Waals surface area contributed by atoms with Gasteiger partial charge in [0.05, 0.1) is 6.42 Å². The number of hydrogen-bond acceptors (Lipinski definition) is 5. The SMILES string of the molecule is Cc1csc(C(O)(CC(=O)N2CCN(C(=O)c3ccccc3)CC2)C(F)(F)F)n1. The van der Waals surface area contributed by atoms with Gasteiger partial charge in [-0.2, -0.15) is 13.2 Å². The molecule has 0 aliphatic carbocycles. The molecule has 2 amide bonds. The summed E-state index contributed by atoms with van der Waals surface area (Å²) in [6.07, 6.45) is -6.19. The molecule has 1 aliphatic rings. The lowest BCUT2D eigenvalue weighted by atomic mass is 9.98. The van der Waals surface area contributed by atoms with Crippen LogP contribution in [0.4, 0.5) is 13.2 Å². The number of amides is 2. The molecule has 1 aromatic heterocycles. The van der Waals surface area contributed by atoms with Crippen molar-refractivity contribution in [3.05, 3.63) is 52.0 Å². The van der Waals surface area contributed by atoms with Gasteiger partial charge in [-0.15, -0.1) is 11.3 Å². The largest absolute Gasteiger partial charge is 0.424 e. The van der Waals surface area contributed by atoms with E-state index in [-0.39, 0.29) is 32.1 Å². The van der Waals surface area contributed by atoms with Gasteiger partial charge in [0.2, 0.25) is 11.5 Å². The van der Waals surface area contributed by atoms with Gasteiger partial charge in [-0.3, -0.25) is 9.59 Å². The first-order chi connectivity index (χ1) is 13.6. The highest BCUT2D eigenvalue weighted by molar-refractivity contribution is 7.09. The standard InChI is InChI=1S/C19H20F3N3O3S/c1-13-12-29-17(23-13)18(28,19(20,21)22)11-15(26)24-7-9-25(10-8-24)16(27)14-5-3-2-4-6-14/h2-6,12,28H,7-11H2,1H3. The van der Waals surface area contributed by atoms with Gasteiger partial charge in [0.1, 0.15) is 5.01 Å². The number of aromatic nitrogens is 1. The first-order valence-corrected chi connectivity index (χ1v) is 9.83. The number of benzene rings is 1. The maximum absolute atomic E-state index is 13.6. The molecule has 1 fully saturated rings. The van der Waals surface area contributed by atoms with E-state index in [1.54, 1.807) is 35.2 Å². The number of nitrogens with zero attached hydrogens (tertiary/aromatic N) is 3. The summed E-state index contributed by atoms with van der Waals surface area (Å²) < 4.78 is 40.7. The lowest BCUT2D eigenvalue weighted by Gasteiger charge is -2.36. The van der Waals surface area contributed by atoms with Crippen LogP contribution in [-0.2, 0) is 10.4 Å². The topological polar surface area (TPSA) is 73.7 Å². The van der Waals surface area contributed by atoms with Gasteiger partial charge in [0.25, 0.3) is 5.91 Å². The van der Waals surface area contributed by atoms with Gasteiger partial charge in [0.15, 0.2) is 0 Å². The number of aryl methyl sites for hydroxylation is 1. The Balaban J connectivity index is 1.66. The molecular weight excluding hydrogens is 407 g/mol. The molecule has 156 valence electrons. The van der Waals surface area contributed by atoms with Crippen molar-refractivity contribution in [2.24, 2.45) is 0 Å². The Morgan fingerprint density at radius 3 is 2.21 bits per heavy atom. The van der Waals surface area contributed by atoms with Crippen LogP contribution in [0.5, 0.6) is 0 Å². The van der Waals surface area contributed by atoms with Crippen LogP contribution in [0, 0.1) is 6.92 Å². The van der Waals surface area contributed by atoms with Gasteiger partial charge < -0.3 is 14.9 Å². The minimum atomic E-state index is -5.04. The second-order valence-electron chi connectivity index (χ2n) is 6.87. The van der Waals surface area contributed by atoms with Crippen LogP contribution in [0.25, 0.3) is 0 Å². The van der Waals surface area contributed by atoms with Crippen molar-refractivity contribution in [3.8, 4) is 0 Å². The van der Waals surface area contributed by atoms with Crippen molar-refractivity contribution in [1.82, 2.24) is 14.8 Å². The van der Waals surface area contributed by atoms with E-state index in [4.69, 9.17) is 0 Å². The molecule has 3 rings (SSSR count). The summed E-state index contributed by atoms with van der Waals surface area (Å²) in [4.78, 5) is 31.5. The second-order valence-corrected chi connectivity index (χ2v) is 7.73. The number of thiazole rings is 1. The molecule has 2 heterocycles. The molecule has 1 aromatic carbocycles. The van der Waals surface area contributed by atoms with Crippen LogP contribution in [-0.4, -0.2) is 64.1 Å². The van der Waals surface area contributed by atoms with Crippen LogP contribution in [0.15, 0.2) is 35.7 Å². The number of halogens is 3. The van der Waals surface area contributed by atoms with E-state index in [0.29, 0.717) is 22.6 Å². The number of carbonyl (C=O) groups excluding carboxylic acids is 2. The zero-order valence-electron chi connectivity index (χ0n) is 15.6. The fraction of sp³-hybridized carbons (Fsp3) is 0.421. The highest BCUT2D eigenvalue weighted by Crippen LogP contribution is 2.43. The van der Waals surface area contributed by atoms with Crippen LogP contribution in [0.3, 0.4) is 0 Å². The Morgan fingerprint density at radius 2 is 1.69 bits per heavy atom. The number of alkyl halides is 3. The van der Waals surface area contributed by atoms with E-state index in [9.17, 15) is 27.9 Å². The lowest BCUT2D eigenvalue weighted by Crippen LogP contribution is -2.53. The Kier molecular flexibility index (Phi) is 5.95. The van der Waals surface area contributed by atoms with Crippen LogP contribution >= 0.6 is 11.3 Å². The molecule has 2 aromatic rings. The molecule has 0 saturated carbocycles. The first-order valence-electron chi connectivity index (χ1n) is 8.95. The molecule has 6 nitrogen and oxygen atoms in total. The summed E-state index contributed by atoms with van der Waals surface area (Å²) in [5.74, 6) is -1.02. The third-order valence-corrected chi connectivity index (χ3v) is 5.90. The van der Waals surface area contributed by atoms with Crippen molar-refractivity contribution in [1.29, 1.82) is 0 Å². The fourth-order valence-corrected chi connectivity index (χ4v) is 4.01. The van der Waals surface area contributed by atoms with Crippen LogP contribution in [0.2, 0.25) is 0 Å². The fourth-order valence-electron chi connectivity index (χ4n) is 3.09. The van der Waals surface area contributed by atoms with Crippen molar-refractivity contribution < 1.29 is 27.9 Å². The molecule has 0 spiro atoms. The number of carbonyl (C=O) groups is 2. The summed E-state index contributed by atoms with van der Waals surface area (Å²) in [5, 5.41) is 11.2. The van der Waals surface area contributed by atoms with E-state index in [2.05, 4.69) is 4.98 Å². The van der Waals surface area contributed by atoms with Crippen molar-refractivity contribution in [2.45, 2.75) is 25.1 Å². The minimum absolute atomic E-state index is 0.0994. The number of hydrogen-bond donors (Lipinski definition) is 1. The molecule has 10 heteroatoms. The normalized spacial score (nSPS) is 17.1. The van der Waals surface area contributed by atoms with Crippen molar-refractivity contribution in [3.63, 3.8) is 0 Å². The predicted molar refractivity (Wildman–Crippen MR) is 100 cm³/mol. The average Bonchev–Trinajstić information content (AvgIpc) is 3.14. The third-order valence-electron chi connectivity index (χ3n) is 4.79. The third kappa shape index (κ3) is 4.43. The maximum atomic E-state index is 13.6. The Labute approximate surface area is 169 Å². The van der Waals surface area contributed by atoms with Crippen molar-refractivity contribution in [2.75, 3.05) is 26.2 Å². The zero-order chi connectivity index (χ0) is 21.2. The Hall–Kier alpha value is -2.46. The number of piperazine rings is 1. The second kappa shape index (κ2) is 8.11. The molecule has 29 heavy (non-hydrogen) atoms. The molecule has 1 atom stereocenters. The number of rotatable bonds is 4. The first kappa shape index (κ1) is 21.3. The lowest BCUT2D eigenvalue weighted by molar-refractivity contribution is -0.268. The van der Waals surface area contributed by atoms with Crippen LogP contribution < -0.4 is 0 Å². The quantitative estimate of drug-likeness (QED) is 0.814. The zero-order valence-corrected chi connectivity index (χ0v) is 16.5. The molecule has 0 bridgehead atoms. The maximum Gasteiger partial charge on any atom is 0.424 e. The van der Waals surface area contributed by atoms with Crippen molar-refractivity contribution >= 4 is 23.2 Å². The average molecular weight is 427 g/mol. The minimum Gasteiger partial charge on any atom is -0.374 e. The van der Waals surface area contributed by atoms with E-state index in [1.807, 2.05) is 0 Å². The summed E-state index contributed by atoms with van der Waals surface area (Å²) >= 11 is 0.669. The van der Waals surface area contributed by atoms with Gasteiger partial charge in [0, 0.05) is 42.8 Å². The molecule has 1 N–H and O–H groups in total. The van der Waals surface area contributed by atoms with E-state index >= 15 is 0 Å². The molecular formula is C19H20F3N3O3S. The summed E-state index contributed by atoms with van der Waals surface area (Å²) in [7, 11) is 0. The van der Waals surface area contributed by atoms with Gasteiger partial charge in [-0.1, -0.05) is 18.2 Å².